The summed E-state index contributed by atoms with van der Waals surface area (Å²) in [4.78, 5) is 4.04. The van der Waals surface area contributed by atoms with Gasteiger partial charge in [0.05, 0.1) is 5.56 Å². The van der Waals surface area contributed by atoms with Gasteiger partial charge in [-0.05, 0) is 13.0 Å². The Labute approximate surface area is 58.8 Å². The summed E-state index contributed by atoms with van der Waals surface area (Å²) in [6.45, 7) is 2.55. The van der Waals surface area contributed by atoms with Crippen molar-refractivity contribution >= 4 is 12.1 Å². The van der Waals surface area contributed by atoms with Crippen LogP contribution in [0.3, 0.4) is 0 Å². The largest absolute Gasteiger partial charge is 0.445 e. The number of furan rings is 1. The van der Waals surface area contributed by atoms with Crippen molar-refractivity contribution in [1.29, 1.82) is 0 Å². The molecule has 1 aliphatic rings. The smallest absolute Gasteiger partial charge is 0.203 e. The Bertz CT molecular complexity index is 275. The highest BCUT2D eigenvalue weighted by molar-refractivity contribution is 5.87. The van der Waals surface area contributed by atoms with Crippen LogP contribution in [0, 0.1) is 6.92 Å². The first-order chi connectivity index (χ1) is 4.86. The lowest BCUT2D eigenvalue weighted by Gasteiger charge is -2.03. The Morgan fingerprint density at radius 1 is 1.70 bits per heavy atom. The Balaban J connectivity index is 2.53. The Hall–Kier alpha value is -1.25. The van der Waals surface area contributed by atoms with Crippen LogP contribution in [-0.4, -0.2) is 12.9 Å². The molecule has 1 aliphatic heterocycles. The minimum absolute atomic E-state index is 0.625. The molecule has 0 amide bonds. The zero-order valence-electron chi connectivity index (χ0n) is 5.72. The third kappa shape index (κ3) is 0.708. The van der Waals surface area contributed by atoms with E-state index in [2.05, 4.69) is 10.3 Å². The van der Waals surface area contributed by atoms with Gasteiger partial charge >= 0.3 is 0 Å². The lowest BCUT2D eigenvalue weighted by Crippen LogP contribution is -2.04. The second-order valence-corrected chi connectivity index (χ2v) is 2.29. The van der Waals surface area contributed by atoms with Crippen molar-refractivity contribution in [1.82, 2.24) is 0 Å². The summed E-state index contributed by atoms with van der Waals surface area (Å²) in [5.74, 6) is 1.76. The maximum Gasteiger partial charge on any atom is 0.203 e. The van der Waals surface area contributed by atoms with Crippen molar-refractivity contribution in [3.8, 4) is 0 Å². The average molecular weight is 136 g/mol. The summed E-state index contributed by atoms with van der Waals surface area (Å²) in [6, 6.07) is 1.96. The first kappa shape index (κ1) is 5.53. The summed E-state index contributed by atoms with van der Waals surface area (Å²) in [7, 11) is 0. The lowest BCUT2D eigenvalue weighted by atomic mass is 10.3. The first-order valence-corrected chi connectivity index (χ1v) is 3.20. The quantitative estimate of drug-likeness (QED) is 0.585. The number of anilines is 1. The molecule has 0 spiro atoms. The second kappa shape index (κ2) is 1.87. The molecule has 2 heterocycles. The molecule has 3 heteroatoms. The summed E-state index contributed by atoms with van der Waals surface area (Å²) in [5, 5.41) is 3.02. The van der Waals surface area contributed by atoms with Gasteiger partial charge < -0.3 is 9.73 Å². The van der Waals surface area contributed by atoms with Crippen molar-refractivity contribution in [2.24, 2.45) is 4.99 Å². The van der Waals surface area contributed by atoms with Crippen LogP contribution in [0.25, 0.3) is 0 Å². The van der Waals surface area contributed by atoms with Crippen molar-refractivity contribution in [3.05, 3.63) is 17.4 Å². The highest BCUT2D eigenvalue weighted by Gasteiger charge is 2.08. The predicted octanol–water partition coefficient (Wildman–Crippen LogP) is 1.39. The van der Waals surface area contributed by atoms with Crippen LogP contribution in [0.1, 0.15) is 11.3 Å². The molecule has 0 aromatic carbocycles. The minimum Gasteiger partial charge on any atom is -0.445 e. The van der Waals surface area contributed by atoms with Gasteiger partial charge in [-0.3, -0.25) is 4.99 Å². The van der Waals surface area contributed by atoms with Crippen molar-refractivity contribution in [2.75, 3.05) is 12.0 Å². The summed E-state index contributed by atoms with van der Waals surface area (Å²) in [5.41, 5.74) is 1.05. The zero-order chi connectivity index (χ0) is 6.97. The molecule has 0 saturated carbocycles. The van der Waals surface area contributed by atoms with Gasteiger partial charge in [-0.1, -0.05) is 0 Å². The average Bonchev–Trinajstić information content (AvgIpc) is 2.27. The number of aliphatic imine (C=N–C) groups is 1. The molecule has 52 valence electrons. The standard InChI is InChI=1S/C7H8N2O/c1-5-2-6-3-8-4-9-7(6)10-5/h2-3,9H,4H2,1H3. The fourth-order valence-corrected chi connectivity index (χ4v) is 1.03. The van der Waals surface area contributed by atoms with Gasteiger partial charge in [0.25, 0.3) is 0 Å². The monoisotopic (exact) mass is 136 g/mol. The number of aryl methyl sites for hydroxylation is 1. The van der Waals surface area contributed by atoms with Crippen molar-refractivity contribution in [3.63, 3.8) is 0 Å². The number of fused-ring (bicyclic) bond motifs is 1. The minimum atomic E-state index is 0.625. The van der Waals surface area contributed by atoms with Crippen LogP contribution in [0.4, 0.5) is 5.88 Å². The van der Waals surface area contributed by atoms with Gasteiger partial charge in [-0.25, -0.2) is 0 Å². The Morgan fingerprint density at radius 3 is 3.40 bits per heavy atom. The van der Waals surface area contributed by atoms with E-state index in [0.717, 1.165) is 17.2 Å². The normalized spacial score (nSPS) is 14.5. The van der Waals surface area contributed by atoms with Crippen LogP contribution in [0.15, 0.2) is 15.5 Å². The summed E-state index contributed by atoms with van der Waals surface area (Å²) < 4.78 is 5.30. The molecular weight excluding hydrogens is 128 g/mol. The van der Waals surface area contributed by atoms with Gasteiger partial charge in [0.2, 0.25) is 5.88 Å². The molecule has 3 nitrogen and oxygen atoms in total. The van der Waals surface area contributed by atoms with E-state index < -0.39 is 0 Å². The Morgan fingerprint density at radius 2 is 2.60 bits per heavy atom. The molecule has 2 rings (SSSR count). The molecule has 0 aliphatic carbocycles. The van der Waals surface area contributed by atoms with Crippen LogP contribution in [0.2, 0.25) is 0 Å². The predicted molar refractivity (Wildman–Crippen MR) is 39.5 cm³/mol. The third-order valence-corrected chi connectivity index (χ3v) is 1.45. The van der Waals surface area contributed by atoms with E-state index in [-0.39, 0.29) is 0 Å². The Kier molecular flexibility index (Phi) is 1.03. The van der Waals surface area contributed by atoms with Crippen LogP contribution in [0.5, 0.6) is 0 Å². The molecule has 0 unspecified atom stereocenters. The summed E-state index contributed by atoms with van der Waals surface area (Å²) >= 11 is 0. The van der Waals surface area contributed by atoms with Crippen molar-refractivity contribution < 1.29 is 4.42 Å². The van der Waals surface area contributed by atoms with E-state index in [1.807, 2.05) is 19.2 Å². The van der Waals surface area contributed by atoms with E-state index in [1.165, 1.54) is 0 Å². The first-order valence-electron chi connectivity index (χ1n) is 3.20. The summed E-state index contributed by atoms with van der Waals surface area (Å²) in [6.07, 6.45) is 1.82. The topological polar surface area (TPSA) is 37.5 Å². The van der Waals surface area contributed by atoms with Crippen molar-refractivity contribution in [2.45, 2.75) is 6.92 Å². The van der Waals surface area contributed by atoms with E-state index in [0.29, 0.717) is 6.67 Å². The van der Waals surface area contributed by atoms with Gasteiger partial charge in [0.1, 0.15) is 12.4 Å². The molecule has 10 heavy (non-hydrogen) atoms. The van der Waals surface area contributed by atoms with Crippen LogP contribution >= 0.6 is 0 Å². The SMILES string of the molecule is Cc1cc2c(o1)NCN=C2. The fourth-order valence-electron chi connectivity index (χ4n) is 1.03. The van der Waals surface area contributed by atoms with Gasteiger partial charge in [-0.2, -0.15) is 0 Å². The van der Waals surface area contributed by atoms with E-state index >= 15 is 0 Å². The molecule has 0 saturated heterocycles. The van der Waals surface area contributed by atoms with Gasteiger partial charge in [0, 0.05) is 6.21 Å². The highest BCUT2D eigenvalue weighted by Crippen LogP contribution is 2.20. The van der Waals surface area contributed by atoms with Crippen LogP contribution < -0.4 is 5.32 Å². The molecule has 0 bridgehead atoms. The number of rotatable bonds is 0. The molecule has 0 radical (unpaired) electrons. The van der Waals surface area contributed by atoms with E-state index in [4.69, 9.17) is 4.42 Å². The second-order valence-electron chi connectivity index (χ2n) is 2.29. The fraction of sp³-hybridized carbons (Fsp3) is 0.286. The number of nitrogens with zero attached hydrogens (tertiary/aromatic N) is 1. The molecule has 1 aromatic rings. The number of hydrogen-bond acceptors (Lipinski definition) is 3. The molecule has 0 atom stereocenters. The van der Waals surface area contributed by atoms with Gasteiger partial charge in [0.15, 0.2) is 0 Å². The maximum absolute atomic E-state index is 5.30. The number of nitrogens with one attached hydrogen (secondary N) is 1. The van der Waals surface area contributed by atoms with Crippen LogP contribution in [-0.2, 0) is 0 Å². The maximum atomic E-state index is 5.30. The molecule has 1 aromatic heterocycles. The van der Waals surface area contributed by atoms with Gasteiger partial charge in [-0.15, -0.1) is 0 Å². The number of hydrogen-bond donors (Lipinski definition) is 1. The molecule has 1 N–H and O–H groups in total. The molecule has 0 fully saturated rings. The zero-order valence-corrected chi connectivity index (χ0v) is 5.72. The molecular formula is C7H8N2O. The highest BCUT2D eigenvalue weighted by atomic mass is 16.4. The van der Waals surface area contributed by atoms with E-state index in [9.17, 15) is 0 Å². The lowest BCUT2D eigenvalue weighted by molar-refractivity contribution is 0.546. The van der Waals surface area contributed by atoms with E-state index in [1.54, 1.807) is 0 Å². The third-order valence-electron chi connectivity index (χ3n) is 1.45.